The summed E-state index contributed by atoms with van der Waals surface area (Å²) < 4.78 is 33.1. The van der Waals surface area contributed by atoms with E-state index in [4.69, 9.17) is 4.74 Å². The zero-order valence-corrected chi connectivity index (χ0v) is 16.8. The van der Waals surface area contributed by atoms with Gasteiger partial charge in [0.15, 0.2) is 0 Å². The van der Waals surface area contributed by atoms with Gasteiger partial charge in [0.1, 0.15) is 12.3 Å². The number of fused-ring (bicyclic) bond motifs is 1. The molecule has 0 saturated heterocycles. The highest BCUT2D eigenvalue weighted by atomic mass is 32.2. The monoisotopic (exact) mass is 408 g/mol. The maximum absolute atomic E-state index is 13.3. The van der Waals surface area contributed by atoms with Crippen LogP contribution in [0.25, 0.3) is 10.8 Å². The maximum atomic E-state index is 13.3. The van der Waals surface area contributed by atoms with E-state index in [0.717, 1.165) is 29.5 Å². The van der Waals surface area contributed by atoms with E-state index in [1.54, 1.807) is 30.2 Å². The SMILES string of the molecule is COc1cccc2c1N(C(=O)CN1c3cccc4cccc(c34)S1(=O)=O)CCC2. The van der Waals surface area contributed by atoms with Gasteiger partial charge < -0.3 is 9.64 Å². The number of benzene rings is 3. The predicted octanol–water partition coefficient (Wildman–Crippen LogP) is 3.34. The smallest absolute Gasteiger partial charge is 0.265 e. The Kier molecular flexibility index (Phi) is 4.03. The van der Waals surface area contributed by atoms with Gasteiger partial charge >= 0.3 is 0 Å². The molecule has 1 amide bonds. The highest BCUT2D eigenvalue weighted by Crippen LogP contribution is 2.42. The number of anilines is 2. The van der Waals surface area contributed by atoms with Crippen molar-refractivity contribution >= 4 is 38.1 Å². The minimum atomic E-state index is -3.77. The van der Waals surface area contributed by atoms with Crippen LogP contribution in [0.4, 0.5) is 11.4 Å². The van der Waals surface area contributed by atoms with Gasteiger partial charge in [-0.2, -0.15) is 0 Å². The molecule has 29 heavy (non-hydrogen) atoms. The molecule has 0 N–H and O–H groups in total. The van der Waals surface area contributed by atoms with E-state index in [1.165, 1.54) is 4.31 Å². The quantitative estimate of drug-likeness (QED) is 0.667. The van der Waals surface area contributed by atoms with Crippen LogP contribution in [0.1, 0.15) is 12.0 Å². The lowest BCUT2D eigenvalue weighted by Gasteiger charge is -2.32. The fraction of sp³-hybridized carbons (Fsp3) is 0.227. The number of methoxy groups -OCH3 is 1. The Bertz CT molecular complexity index is 1230. The third kappa shape index (κ3) is 2.61. The topological polar surface area (TPSA) is 66.9 Å². The molecule has 0 unspecified atom stereocenters. The molecule has 6 nitrogen and oxygen atoms in total. The number of hydrogen-bond acceptors (Lipinski definition) is 4. The first kappa shape index (κ1) is 18.0. The summed E-state index contributed by atoms with van der Waals surface area (Å²) in [6.07, 6.45) is 1.69. The Balaban J connectivity index is 1.55. The molecule has 0 saturated carbocycles. The molecule has 0 aliphatic carbocycles. The van der Waals surface area contributed by atoms with Crippen LogP contribution in [0.3, 0.4) is 0 Å². The number of rotatable bonds is 3. The van der Waals surface area contributed by atoms with E-state index in [2.05, 4.69) is 0 Å². The van der Waals surface area contributed by atoms with Gasteiger partial charge in [-0.25, -0.2) is 8.42 Å². The first-order chi connectivity index (χ1) is 14.0. The van der Waals surface area contributed by atoms with E-state index in [9.17, 15) is 13.2 Å². The van der Waals surface area contributed by atoms with Gasteiger partial charge in [-0.3, -0.25) is 9.10 Å². The zero-order chi connectivity index (χ0) is 20.2. The van der Waals surface area contributed by atoms with Crippen LogP contribution in [0.15, 0.2) is 59.5 Å². The number of amides is 1. The van der Waals surface area contributed by atoms with Crippen molar-refractivity contribution in [2.75, 3.05) is 29.4 Å². The van der Waals surface area contributed by atoms with Crippen molar-refractivity contribution < 1.29 is 17.9 Å². The van der Waals surface area contributed by atoms with Crippen molar-refractivity contribution in [2.24, 2.45) is 0 Å². The van der Waals surface area contributed by atoms with E-state index in [1.807, 2.05) is 36.4 Å². The number of carbonyl (C=O) groups is 1. The standard InChI is InChI=1S/C22H20N2O4S/c1-28-18-11-3-8-16-9-5-13-23(22(16)18)20(25)14-24-17-10-2-6-15-7-4-12-19(21(15)17)29(24,26)27/h2-4,6-8,10-12H,5,9,13-14H2,1H3. The minimum absolute atomic E-state index is 0.242. The summed E-state index contributed by atoms with van der Waals surface area (Å²) >= 11 is 0. The number of ether oxygens (including phenoxy) is 1. The van der Waals surface area contributed by atoms with Gasteiger partial charge in [0.25, 0.3) is 10.0 Å². The van der Waals surface area contributed by atoms with Crippen molar-refractivity contribution in [3.8, 4) is 5.75 Å². The van der Waals surface area contributed by atoms with Crippen molar-refractivity contribution in [1.82, 2.24) is 0 Å². The second-order valence-corrected chi connectivity index (χ2v) is 9.09. The van der Waals surface area contributed by atoms with Crippen molar-refractivity contribution in [3.63, 3.8) is 0 Å². The lowest BCUT2D eigenvalue weighted by molar-refractivity contribution is -0.117. The molecule has 0 atom stereocenters. The fourth-order valence-electron chi connectivity index (χ4n) is 4.37. The Morgan fingerprint density at radius 3 is 2.62 bits per heavy atom. The summed E-state index contributed by atoms with van der Waals surface area (Å²) in [5.41, 5.74) is 2.35. The summed E-state index contributed by atoms with van der Waals surface area (Å²) in [6.45, 7) is 0.296. The Labute approximate surface area is 169 Å². The van der Waals surface area contributed by atoms with E-state index < -0.39 is 10.0 Å². The molecule has 0 radical (unpaired) electrons. The molecule has 0 aromatic heterocycles. The van der Waals surface area contributed by atoms with Crippen molar-refractivity contribution in [2.45, 2.75) is 17.7 Å². The average Bonchev–Trinajstić information content (AvgIpc) is 2.96. The van der Waals surface area contributed by atoms with Crippen LogP contribution >= 0.6 is 0 Å². The summed E-state index contributed by atoms with van der Waals surface area (Å²) in [5.74, 6) is 0.369. The molecule has 0 spiro atoms. The normalized spacial score (nSPS) is 16.7. The second-order valence-electron chi connectivity index (χ2n) is 7.26. The van der Waals surface area contributed by atoms with Crippen molar-refractivity contribution in [3.05, 3.63) is 60.2 Å². The van der Waals surface area contributed by atoms with E-state index in [0.29, 0.717) is 23.4 Å². The van der Waals surface area contributed by atoms with Gasteiger partial charge in [-0.1, -0.05) is 36.4 Å². The highest BCUT2D eigenvalue weighted by molar-refractivity contribution is 7.93. The first-order valence-electron chi connectivity index (χ1n) is 9.53. The van der Waals surface area contributed by atoms with Gasteiger partial charge in [-0.05, 0) is 42.0 Å². The molecular weight excluding hydrogens is 388 g/mol. The average molecular weight is 408 g/mol. The molecule has 3 aromatic rings. The van der Waals surface area contributed by atoms with Gasteiger partial charge in [0, 0.05) is 11.9 Å². The van der Waals surface area contributed by atoms with E-state index >= 15 is 0 Å². The molecule has 2 aliphatic rings. The number of aryl methyl sites for hydroxylation is 1. The van der Waals surface area contributed by atoms with Crippen LogP contribution in [-0.2, 0) is 21.2 Å². The van der Waals surface area contributed by atoms with Crippen LogP contribution < -0.4 is 13.9 Å². The third-order valence-electron chi connectivity index (χ3n) is 5.66. The van der Waals surface area contributed by atoms with Crippen LogP contribution in [-0.4, -0.2) is 34.5 Å². The summed E-state index contributed by atoms with van der Waals surface area (Å²) in [7, 11) is -2.19. The molecule has 5 rings (SSSR count). The van der Waals surface area contributed by atoms with Crippen LogP contribution in [0, 0.1) is 0 Å². The second kappa shape index (κ2) is 6.49. The van der Waals surface area contributed by atoms with E-state index in [-0.39, 0.29) is 17.3 Å². The highest BCUT2D eigenvalue weighted by Gasteiger charge is 2.38. The lowest BCUT2D eigenvalue weighted by Crippen LogP contribution is -2.44. The number of para-hydroxylation sites is 1. The minimum Gasteiger partial charge on any atom is -0.495 e. The van der Waals surface area contributed by atoms with Crippen molar-refractivity contribution in [1.29, 1.82) is 0 Å². The number of carbonyl (C=O) groups excluding carboxylic acids is 1. The fourth-order valence-corrected chi connectivity index (χ4v) is 6.03. The Morgan fingerprint density at radius 2 is 1.83 bits per heavy atom. The number of sulfonamides is 1. The molecule has 0 bridgehead atoms. The molecule has 2 aliphatic heterocycles. The Morgan fingerprint density at radius 1 is 1.07 bits per heavy atom. The zero-order valence-electron chi connectivity index (χ0n) is 16.0. The molecule has 0 fully saturated rings. The molecule has 3 aromatic carbocycles. The first-order valence-corrected chi connectivity index (χ1v) is 11.0. The van der Waals surface area contributed by atoms with Crippen LogP contribution in [0.2, 0.25) is 0 Å². The number of hydrogen-bond donors (Lipinski definition) is 0. The summed E-state index contributed by atoms with van der Waals surface area (Å²) in [4.78, 5) is 15.2. The molecular formula is C22H20N2O4S. The molecule has 7 heteroatoms. The maximum Gasteiger partial charge on any atom is 0.265 e. The van der Waals surface area contributed by atoms with Crippen LogP contribution in [0.5, 0.6) is 5.75 Å². The summed E-state index contributed by atoms with van der Waals surface area (Å²) in [5, 5.41) is 1.53. The predicted molar refractivity (Wildman–Crippen MR) is 112 cm³/mol. The number of nitrogens with zero attached hydrogens (tertiary/aromatic N) is 2. The van der Waals surface area contributed by atoms with Gasteiger partial charge in [0.05, 0.1) is 23.4 Å². The van der Waals surface area contributed by atoms with Gasteiger partial charge in [0.2, 0.25) is 5.91 Å². The largest absolute Gasteiger partial charge is 0.495 e. The lowest BCUT2D eigenvalue weighted by atomic mass is 10.0. The third-order valence-corrected chi connectivity index (χ3v) is 7.46. The van der Waals surface area contributed by atoms with Gasteiger partial charge in [-0.15, -0.1) is 0 Å². The summed E-state index contributed by atoms with van der Waals surface area (Å²) in [6, 6.07) is 16.4. The molecule has 148 valence electrons. The molecule has 2 heterocycles. The Hall–Kier alpha value is -3.06.